The minimum atomic E-state index is 0.683. The fourth-order valence-corrected chi connectivity index (χ4v) is 29.9. The normalized spacial score (nSPS) is 21.1. The third kappa shape index (κ3) is 21.2. The van der Waals surface area contributed by atoms with Crippen LogP contribution in [0.1, 0.15) is 419 Å². The fourth-order valence-electron chi connectivity index (χ4n) is 29.9. The Labute approximate surface area is 872 Å². The first kappa shape index (κ1) is 105. The molecule has 0 aliphatic heterocycles. The lowest BCUT2D eigenvalue weighted by molar-refractivity contribution is 0.176. The molecular formula is C144H176. The predicted octanol–water partition coefficient (Wildman–Crippen LogP) is 40.3. The Bertz CT molecular complexity index is 6470. The Morgan fingerprint density at radius 2 is 0.521 bits per heavy atom. The third-order valence-corrected chi connectivity index (χ3v) is 35.6. The molecule has 752 valence electrons. The van der Waals surface area contributed by atoms with Gasteiger partial charge in [-0.25, -0.2) is 0 Å². The maximum absolute atomic E-state index is 2.45. The molecule has 0 heteroatoms. The van der Waals surface area contributed by atoms with Crippen molar-refractivity contribution < 1.29 is 0 Å². The van der Waals surface area contributed by atoms with Crippen molar-refractivity contribution in [2.75, 3.05) is 0 Å². The smallest absolute Gasteiger partial charge is 0.0120 e. The van der Waals surface area contributed by atoms with E-state index < -0.39 is 0 Å². The Morgan fingerprint density at radius 1 is 0.194 bits per heavy atom. The molecule has 14 aromatic carbocycles. The average molecular weight is 1910 g/mol. The van der Waals surface area contributed by atoms with Crippen LogP contribution in [0.25, 0.3) is 71.1 Å². The summed E-state index contributed by atoms with van der Waals surface area (Å²) in [4.78, 5) is 0. The van der Waals surface area contributed by atoms with Gasteiger partial charge in [0.2, 0.25) is 0 Å². The summed E-state index contributed by atoms with van der Waals surface area (Å²) in [6.45, 7) is 32.0. The van der Waals surface area contributed by atoms with Gasteiger partial charge in [-0.1, -0.05) is 372 Å². The van der Waals surface area contributed by atoms with Gasteiger partial charge >= 0.3 is 0 Å². The van der Waals surface area contributed by atoms with Crippen molar-refractivity contribution in [1.82, 2.24) is 0 Å². The van der Waals surface area contributed by atoms with E-state index in [1.54, 1.807) is 144 Å². The van der Waals surface area contributed by atoms with Crippen molar-refractivity contribution in [3.8, 4) is 11.1 Å². The van der Waals surface area contributed by atoms with Crippen molar-refractivity contribution in [2.24, 2.45) is 17.8 Å². The zero-order valence-electron chi connectivity index (χ0n) is 91.9. The molecule has 0 spiro atoms. The number of hydrogen-bond donors (Lipinski definition) is 0. The molecule has 8 unspecified atom stereocenters. The molecule has 0 bridgehead atoms. The first-order chi connectivity index (χ1) is 71.5. The van der Waals surface area contributed by atoms with Gasteiger partial charge in [-0.3, -0.25) is 0 Å². The van der Waals surface area contributed by atoms with E-state index in [1.807, 2.05) is 127 Å². The number of rotatable bonds is 0. The molecule has 18 aliphatic carbocycles. The van der Waals surface area contributed by atoms with Crippen LogP contribution < -0.4 is 0 Å². The van der Waals surface area contributed by atoms with Crippen LogP contribution in [0.2, 0.25) is 0 Å². The molecule has 14 aromatic rings. The molecule has 144 heavy (non-hydrogen) atoms. The second-order valence-electron chi connectivity index (χ2n) is 42.3. The molecule has 0 heterocycles. The average Bonchev–Trinajstić information content (AvgIpc) is 0.792. The van der Waals surface area contributed by atoms with Crippen molar-refractivity contribution in [2.45, 2.75) is 397 Å². The third-order valence-electron chi connectivity index (χ3n) is 35.6. The van der Waals surface area contributed by atoms with Gasteiger partial charge in [0.1, 0.15) is 0 Å². The maximum atomic E-state index is 2.45. The van der Waals surface area contributed by atoms with Crippen LogP contribution in [0.4, 0.5) is 0 Å². The maximum Gasteiger partial charge on any atom is 0.0120 e. The minimum absolute atomic E-state index is 0.683. The van der Waals surface area contributed by atoms with Gasteiger partial charge in [0.05, 0.1) is 0 Å². The molecule has 0 amide bonds. The minimum Gasteiger partial charge on any atom is -0.0805 e. The van der Waals surface area contributed by atoms with Gasteiger partial charge in [0, 0.05) is 11.8 Å². The largest absolute Gasteiger partial charge is 0.0805 e. The van der Waals surface area contributed by atoms with E-state index >= 15 is 0 Å². The zero-order valence-corrected chi connectivity index (χ0v) is 91.9. The quantitative estimate of drug-likeness (QED) is 0.133. The molecule has 18 aliphatic rings. The Kier molecular flexibility index (Phi) is 36.7. The molecule has 0 radical (unpaired) electrons. The number of aryl methyl sites for hydroxylation is 19. The molecule has 1 fully saturated rings. The van der Waals surface area contributed by atoms with Gasteiger partial charge in [-0.05, 0) is 495 Å². The van der Waals surface area contributed by atoms with Crippen LogP contribution in [-0.2, 0) is 122 Å². The van der Waals surface area contributed by atoms with E-state index in [1.165, 1.54) is 305 Å². The van der Waals surface area contributed by atoms with Crippen LogP contribution in [0.3, 0.4) is 0 Å². The van der Waals surface area contributed by atoms with Crippen LogP contribution in [0.15, 0.2) is 248 Å². The zero-order chi connectivity index (χ0) is 100. The molecule has 0 aromatic heterocycles. The van der Waals surface area contributed by atoms with Crippen LogP contribution in [0, 0.1) is 17.8 Å². The SMILES string of the molecule is C1=CC2CCCc3ccc4cccc1c4c32.C1=CC2CCc3cccc4c3C2C(=C1)CC4.CC.CC.CC.CC.CC.CC.CC.CC.c1cc2c3c(c1)CCC1CCCC(CC2)C31.c1cc2c3c(c1)CCc1cccc(c1-3)CC2.c1cc2c3c(c1)ccc1cccc(c13)CC2.c1cc2c3c(ccc4c3c1CCC4)CCC2.c1cc2c3c4c(ccc3c1)CCCC4CC2.c1cc2c3c4c1CCCC4CCC3CCC2. The number of hydrogen-bond acceptors (Lipinski definition) is 0. The topological polar surface area (TPSA) is 0 Å². The summed E-state index contributed by atoms with van der Waals surface area (Å²) < 4.78 is 0. The second-order valence-corrected chi connectivity index (χ2v) is 42.3. The lowest BCUT2D eigenvalue weighted by atomic mass is 9.58. The summed E-state index contributed by atoms with van der Waals surface area (Å²) in [6, 6.07) is 82.8. The van der Waals surface area contributed by atoms with Crippen molar-refractivity contribution in [3.63, 3.8) is 0 Å². The summed E-state index contributed by atoms with van der Waals surface area (Å²) in [5, 5.41) is 15.0. The predicted molar refractivity (Wildman–Crippen MR) is 631 cm³/mol. The highest BCUT2D eigenvalue weighted by atomic mass is 14.5. The molecular weight excluding hydrogens is 1730 g/mol. The lowest BCUT2D eigenvalue weighted by Crippen LogP contribution is -2.34. The van der Waals surface area contributed by atoms with Crippen LogP contribution in [0.5, 0.6) is 0 Å². The molecule has 1 saturated carbocycles. The summed E-state index contributed by atoms with van der Waals surface area (Å²) in [6.07, 6.45) is 64.4. The van der Waals surface area contributed by atoms with Gasteiger partial charge in [-0.2, -0.15) is 0 Å². The molecule has 8 atom stereocenters. The highest BCUT2D eigenvalue weighted by Crippen LogP contribution is 2.56. The number of allylic oxidation sites excluding steroid dienone is 5. The Balaban J connectivity index is 0.000000111. The van der Waals surface area contributed by atoms with Crippen molar-refractivity contribution in [3.05, 3.63) is 393 Å². The van der Waals surface area contributed by atoms with Gasteiger partial charge < -0.3 is 0 Å². The lowest BCUT2D eigenvalue weighted by Gasteiger charge is -2.46. The fraction of sp³-hybridized carbons (Fsp3) is 0.444. The monoisotopic (exact) mass is 1910 g/mol. The highest BCUT2D eigenvalue weighted by molar-refractivity contribution is 6.11. The summed E-state index contributed by atoms with van der Waals surface area (Å²) >= 11 is 0. The van der Waals surface area contributed by atoms with E-state index in [2.05, 4.69) is 249 Å². The summed E-state index contributed by atoms with van der Waals surface area (Å²) in [5.41, 5.74) is 47.3. The van der Waals surface area contributed by atoms with Crippen molar-refractivity contribution >= 4 is 59.9 Å². The second kappa shape index (κ2) is 50.3. The van der Waals surface area contributed by atoms with Gasteiger partial charge in [0.25, 0.3) is 0 Å². The highest BCUT2D eigenvalue weighted by Gasteiger charge is 2.43. The molecule has 32 rings (SSSR count). The first-order valence-electron chi connectivity index (χ1n) is 59.7. The Hall–Kier alpha value is -10.4. The van der Waals surface area contributed by atoms with E-state index in [-0.39, 0.29) is 0 Å². The van der Waals surface area contributed by atoms with Crippen LogP contribution in [-0.4, -0.2) is 0 Å². The van der Waals surface area contributed by atoms with Crippen molar-refractivity contribution in [1.29, 1.82) is 0 Å². The first-order valence-corrected chi connectivity index (χ1v) is 59.7. The van der Waals surface area contributed by atoms with E-state index in [0.29, 0.717) is 5.92 Å². The van der Waals surface area contributed by atoms with Gasteiger partial charge in [0.15, 0.2) is 0 Å². The molecule has 0 saturated heterocycles. The van der Waals surface area contributed by atoms with Gasteiger partial charge in [-0.15, -0.1) is 0 Å². The Morgan fingerprint density at radius 3 is 1.01 bits per heavy atom. The summed E-state index contributed by atoms with van der Waals surface area (Å²) in [7, 11) is 0. The van der Waals surface area contributed by atoms with E-state index in [0.717, 1.165) is 47.3 Å². The van der Waals surface area contributed by atoms with E-state index in [9.17, 15) is 0 Å². The number of benzene rings is 14. The standard InChI is InChI=1S/2C16H20.3C16H16.2C16H14.C16H12.8C2H6/c8*1-3-11-7-9-13-5-2-6-14-10-8-12(4-1)15(11)16(13)14;8*1-2/h7,9,12,14H,1-6,8,10H2;1,3-4,13-14,16H,2,5-10H2;7-10H,1-6H2;1,3-4,7,9,14H,2,5-6,8,10H2;1-6,11,15H,7-10H2;1,3-4,7-10,13H,2,5-6H2;1-6H,7-10H2;1-7,9H,8,10H2;8*1-2H3. The van der Waals surface area contributed by atoms with E-state index in [4.69, 9.17) is 0 Å². The molecule has 0 nitrogen and oxygen atoms in total. The van der Waals surface area contributed by atoms with Crippen LogP contribution >= 0.6 is 0 Å². The summed E-state index contributed by atoms with van der Waals surface area (Å²) in [5.74, 6) is 7.97. The molecule has 0 N–H and O–H groups in total.